The van der Waals surface area contributed by atoms with Crippen molar-refractivity contribution in [3.63, 3.8) is 0 Å². The van der Waals surface area contributed by atoms with Gasteiger partial charge in [0.1, 0.15) is 73.2 Å². The lowest BCUT2D eigenvalue weighted by Crippen LogP contribution is -2.60. The summed E-state index contributed by atoms with van der Waals surface area (Å²) in [7, 11) is 0. The first-order valence-electron chi connectivity index (χ1n) is 22.7. The first-order chi connectivity index (χ1) is 28.3. The molecule has 4 N–H and O–H groups in total. The Morgan fingerprint density at radius 1 is 0.333 bits per heavy atom. The monoisotopic (exact) mass is 845 g/mol. The van der Waals surface area contributed by atoms with Crippen LogP contribution in [0, 0.1) is 0 Å². The Morgan fingerprint density at radius 2 is 0.550 bits per heavy atom. The Kier molecular flexibility index (Phi) is 13.1. The second-order valence-corrected chi connectivity index (χ2v) is 20.0. The van der Waals surface area contributed by atoms with Gasteiger partial charge in [0, 0.05) is 0 Å². The van der Waals surface area contributed by atoms with Gasteiger partial charge in [-0.2, -0.15) is 0 Å². The highest BCUT2D eigenvalue weighted by Crippen LogP contribution is 2.41. The van der Waals surface area contributed by atoms with E-state index in [1.165, 1.54) is 0 Å². The predicted molar refractivity (Wildman–Crippen MR) is 221 cm³/mol. The van der Waals surface area contributed by atoms with Gasteiger partial charge >= 0.3 is 0 Å². The molecule has 4 heterocycles. The lowest BCUT2D eigenvalue weighted by molar-refractivity contribution is -0.162. The smallest absolute Gasteiger partial charge is 0.164 e. The molecule has 8 aliphatic rings. The van der Waals surface area contributed by atoms with Crippen molar-refractivity contribution in [1.82, 2.24) is 9.80 Å². The van der Waals surface area contributed by atoms with Crippen molar-refractivity contribution < 1.29 is 58.3 Å². The van der Waals surface area contributed by atoms with Crippen LogP contribution < -0.4 is 0 Å². The molecular weight excluding hydrogens is 773 g/mol. The van der Waals surface area contributed by atoms with Crippen LogP contribution in [0.5, 0.6) is 0 Å². The molecule has 4 saturated heterocycles. The fraction of sp³-hybridized carbons (Fsp3) is 0.826. The van der Waals surface area contributed by atoms with Crippen LogP contribution in [-0.2, 0) is 37.9 Å². The standard InChI is InChI=1S/C46H72N2O12/c1-43(2)53-31-21-17-27(35(49)39(31)57-43)47(28-18-22-32-40(36(28)50)58-44(3,4)54-32)25-15-13-11-9-10-12-14-16-26-48(29-19-23-33-41(37(29)51)59-45(5,6)55-33)30-20-24-34-42(38(30)52)60-46(7,8)56-34/h17-24,27-42,49-52H,9-16,25-26H2,1-8H3/t27-,28-,29-,30-,31+,32+,33+,34+,35+,36+,37+,38+,39+,40+,41+,42+/m0/s1. The summed E-state index contributed by atoms with van der Waals surface area (Å²) in [5.74, 6) is -3.14. The van der Waals surface area contributed by atoms with E-state index in [-0.39, 0.29) is 48.6 Å². The first-order valence-corrected chi connectivity index (χ1v) is 22.7. The molecule has 0 amide bonds. The van der Waals surface area contributed by atoms with Gasteiger partial charge in [-0.25, -0.2) is 0 Å². The van der Waals surface area contributed by atoms with Gasteiger partial charge in [-0.3, -0.25) is 9.80 Å². The SMILES string of the molecule is CC1(C)O[C@H]2[C@H](O)[C@@H](N(CCCCCCCCCCN([C@H]3C=C[C@H]4OC(C)(C)O[C@H]4[C@@H]3O)[C@H]3C=C[C@H]4OC(C)(C)O[C@H]4[C@@H]3O)[C@H]3C=C[C@H]4OC(C)(C)O[C@H]4[C@@H]3O)C=C[C@H]2O1. The Labute approximate surface area is 356 Å². The molecule has 4 aliphatic carbocycles. The summed E-state index contributed by atoms with van der Waals surface area (Å²) in [5.41, 5.74) is 0. The molecule has 0 spiro atoms. The number of hydrogen-bond donors (Lipinski definition) is 4. The molecule has 0 saturated carbocycles. The van der Waals surface area contributed by atoms with Crippen LogP contribution in [0.4, 0.5) is 0 Å². The van der Waals surface area contributed by atoms with Crippen molar-refractivity contribution in [3.05, 3.63) is 48.6 Å². The minimum absolute atomic E-state index is 0.319. The molecule has 14 heteroatoms. The van der Waals surface area contributed by atoms with Gasteiger partial charge in [0.25, 0.3) is 0 Å². The molecule has 4 aliphatic heterocycles. The molecule has 8 rings (SSSR count). The molecule has 0 aromatic rings. The van der Waals surface area contributed by atoms with E-state index < -0.39 is 72.0 Å². The number of aliphatic hydroxyl groups excluding tert-OH is 4. The van der Waals surface area contributed by atoms with Gasteiger partial charge in [0.05, 0.1) is 24.2 Å². The van der Waals surface area contributed by atoms with E-state index >= 15 is 0 Å². The Balaban J connectivity index is 0.832. The largest absolute Gasteiger partial charge is 0.388 e. The lowest BCUT2D eigenvalue weighted by Gasteiger charge is -2.45. The highest BCUT2D eigenvalue weighted by atomic mass is 16.8. The molecule has 14 nitrogen and oxygen atoms in total. The number of unbranched alkanes of at least 4 members (excludes halogenated alkanes) is 7. The minimum Gasteiger partial charge on any atom is -0.388 e. The van der Waals surface area contributed by atoms with E-state index in [1.807, 2.05) is 104 Å². The Morgan fingerprint density at radius 3 is 0.783 bits per heavy atom. The van der Waals surface area contributed by atoms with Crippen molar-refractivity contribution in [2.45, 2.75) is 227 Å². The Hall–Kier alpha value is -1.60. The summed E-state index contributed by atoms with van der Waals surface area (Å²) >= 11 is 0. The average molecular weight is 845 g/mol. The van der Waals surface area contributed by atoms with Crippen molar-refractivity contribution in [2.75, 3.05) is 13.1 Å². The van der Waals surface area contributed by atoms with Crippen LogP contribution in [0.15, 0.2) is 48.6 Å². The van der Waals surface area contributed by atoms with E-state index in [2.05, 4.69) is 9.80 Å². The van der Waals surface area contributed by atoms with Crippen LogP contribution in [0.1, 0.15) is 107 Å². The second-order valence-electron chi connectivity index (χ2n) is 20.0. The fourth-order valence-corrected chi connectivity index (χ4v) is 10.9. The molecular formula is C46H72N2O12. The molecule has 0 radical (unpaired) electrons. The molecule has 338 valence electrons. The normalized spacial score (nSPS) is 44.0. The van der Waals surface area contributed by atoms with Crippen molar-refractivity contribution >= 4 is 0 Å². The van der Waals surface area contributed by atoms with Gasteiger partial charge in [-0.15, -0.1) is 0 Å². The minimum atomic E-state index is -0.828. The molecule has 0 unspecified atom stereocenters. The van der Waals surface area contributed by atoms with E-state index in [0.717, 1.165) is 51.4 Å². The molecule has 0 aromatic carbocycles. The third kappa shape index (κ3) is 9.44. The van der Waals surface area contributed by atoms with Gasteiger partial charge in [-0.05, 0) is 81.3 Å². The summed E-state index contributed by atoms with van der Waals surface area (Å²) < 4.78 is 48.8. The van der Waals surface area contributed by atoms with Crippen molar-refractivity contribution in [3.8, 4) is 0 Å². The molecule has 0 bridgehead atoms. The lowest BCUT2D eigenvalue weighted by atomic mass is 9.87. The van der Waals surface area contributed by atoms with Crippen molar-refractivity contribution in [2.24, 2.45) is 0 Å². The van der Waals surface area contributed by atoms with Crippen LogP contribution in [0.25, 0.3) is 0 Å². The number of aliphatic hydroxyl groups is 4. The van der Waals surface area contributed by atoms with E-state index in [9.17, 15) is 20.4 Å². The summed E-state index contributed by atoms with van der Waals surface area (Å²) in [6, 6.07) is -1.46. The third-order valence-corrected chi connectivity index (χ3v) is 13.5. The number of rotatable bonds is 15. The topological polar surface area (TPSA) is 161 Å². The van der Waals surface area contributed by atoms with Crippen LogP contribution in [0.3, 0.4) is 0 Å². The zero-order valence-electron chi connectivity index (χ0n) is 36.9. The quantitative estimate of drug-likeness (QED) is 0.138. The maximum absolute atomic E-state index is 11.7. The third-order valence-electron chi connectivity index (χ3n) is 13.5. The van der Waals surface area contributed by atoms with Crippen LogP contribution in [-0.4, -0.2) is 164 Å². The molecule has 0 aromatic heterocycles. The highest BCUT2D eigenvalue weighted by molar-refractivity contribution is 5.22. The number of fused-ring (bicyclic) bond motifs is 4. The predicted octanol–water partition coefficient (Wildman–Crippen LogP) is 3.99. The summed E-state index contributed by atoms with van der Waals surface area (Å²) in [6.07, 6.45) is 17.7. The van der Waals surface area contributed by atoms with E-state index in [1.54, 1.807) is 0 Å². The first kappa shape index (κ1) is 45.0. The van der Waals surface area contributed by atoms with Crippen molar-refractivity contribution in [1.29, 1.82) is 0 Å². The zero-order chi connectivity index (χ0) is 42.8. The van der Waals surface area contributed by atoms with E-state index in [4.69, 9.17) is 37.9 Å². The maximum Gasteiger partial charge on any atom is 0.164 e. The Bertz CT molecular complexity index is 1390. The molecule has 4 fully saturated rings. The van der Waals surface area contributed by atoms with Gasteiger partial charge < -0.3 is 58.3 Å². The number of hydrogen-bond acceptors (Lipinski definition) is 14. The average Bonchev–Trinajstić information content (AvgIpc) is 3.88. The second kappa shape index (κ2) is 17.4. The summed E-state index contributed by atoms with van der Waals surface area (Å²) in [4.78, 5) is 4.42. The number of ether oxygens (including phenoxy) is 8. The van der Waals surface area contributed by atoms with Gasteiger partial charge in [0.15, 0.2) is 23.1 Å². The van der Waals surface area contributed by atoms with E-state index in [0.29, 0.717) is 13.1 Å². The summed E-state index contributed by atoms with van der Waals surface area (Å²) in [5, 5.41) is 46.7. The van der Waals surface area contributed by atoms with Gasteiger partial charge in [-0.1, -0.05) is 87.1 Å². The fourth-order valence-electron chi connectivity index (χ4n) is 10.9. The zero-order valence-corrected chi connectivity index (χ0v) is 36.9. The van der Waals surface area contributed by atoms with Gasteiger partial charge in [0.2, 0.25) is 0 Å². The molecule has 60 heavy (non-hydrogen) atoms. The number of nitrogens with zero attached hydrogens (tertiary/aromatic N) is 2. The molecule has 16 atom stereocenters. The highest BCUT2D eigenvalue weighted by Gasteiger charge is 2.55. The summed E-state index contributed by atoms with van der Waals surface area (Å²) in [6.45, 7) is 16.3. The maximum atomic E-state index is 11.7. The van der Waals surface area contributed by atoms with Crippen LogP contribution in [0.2, 0.25) is 0 Å². The van der Waals surface area contributed by atoms with Crippen LogP contribution >= 0.6 is 0 Å².